The number of anilines is 2. The maximum atomic E-state index is 12.8. The van der Waals surface area contributed by atoms with Crippen LogP contribution in [0.1, 0.15) is 37.7 Å². The zero-order chi connectivity index (χ0) is 23.1. The number of ether oxygens (including phenoxy) is 1. The Morgan fingerprint density at radius 2 is 1.58 bits per heavy atom. The number of hydrogen-bond donors (Lipinski definition) is 0. The van der Waals surface area contributed by atoms with Crippen molar-refractivity contribution in [3.05, 3.63) is 54.1 Å². The van der Waals surface area contributed by atoms with Crippen molar-refractivity contribution in [3.8, 4) is 5.75 Å². The molecule has 3 fully saturated rings. The molecule has 3 amide bonds. The van der Waals surface area contributed by atoms with Crippen molar-refractivity contribution in [3.63, 3.8) is 0 Å². The van der Waals surface area contributed by atoms with Crippen LogP contribution in [0.25, 0.3) is 0 Å². The summed E-state index contributed by atoms with van der Waals surface area (Å²) in [5, 5.41) is 0. The zero-order valence-corrected chi connectivity index (χ0v) is 18.5. The minimum atomic E-state index is -0.553. The number of aryl methyl sites for hydroxylation is 1. The van der Waals surface area contributed by atoms with Gasteiger partial charge in [-0.2, -0.15) is 0 Å². The van der Waals surface area contributed by atoms with Gasteiger partial charge >= 0.3 is 5.97 Å². The van der Waals surface area contributed by atoms with Gasteiger partial charge in [0.1, 0.15) is 5.75 Å². The van der Waals surface area contributed by atoms with Gasteiger partial charge in [0.2, 0.25) is 17.7 Å². The molecule has 1 saturated carbocycles. The Morgan fingerprint density at radius 1 is 0.909 bits per heavy atom. The van der Waals surface area contributed by atoms with Gasteiger partial charge in [0, 0.05) is 18.7 Å². The highest BCUT2D eigenvalue weighted by Crippen LogP contribution is 2.40. The van der Waals surface area contributed by atoms with Gasteiger partial charge in [0.05, 0.1) is 23.4 Å². The summed E-state index contributed by atoms with van der Waals surface area (Å²) in [6.07, 6.45) is 3.59. The van der Waals surface area contributed by atoms with Gasteiger partial charge in [-0.15, -0.1) is 0 Å². The van der Waals surface area contributed by atoms with Crippen LogP contribution in [0.5, 0.6) is 5.75 Å². The van der Waals surface area contributed by atoms with Gasteiger partial charge in [-0.25, -0.2) is 0 Å². The molecule has 0 N–H and O–H groups in total. The van der Waals surface area contributed by atoms with E-state index in [1.54, 1.807) is 29.2 Å². The molecule has 0 unspecified atom stereocenters. The Labute approximate surface area is 192 Å². The first-order chi connectivity index (χ1) is 15.9. The summed E-state index contributed by atoms with van der Waals surface area (Å²) < 4.78 is 5.51. The van der Waals surface area contributed by atoms with E-state index in [-0.39, 0.29) is 42.5 Å². The summed E-state index contributed by atoms with van der Waals surface area (Å²) in [4.78, 5) is 53.6. The predicted octanol–water partition coefficient (Wildman–Crippen LogP) is 3.63. The highest BCUT2D eigenvalue weighted by Gasteiger charge is 2.48. The molecule has 5 rings (SSSR count). The molecule has 7 heteroatoms. The Balaban J connectivity index is 1.24. The van der Waals surface area contributed by atoms with Crippen LogP contribution in [-0.2, 0) is 19.2 Å². The highest BCUT2D eigenvalue weighted by molar-refractivity contribution is 6.22. The number of fused-ring (bicyclic) bond motifs is 1. The lowest BCUT2D eigenvalue weighted by Crippen LogP contribution is -2.30. The molecule has 170 valence electrons. The molecule has 3 aliphatic rings. The van der Waals surface area contributed by atoms with E-state index in [1.165, 1.54) is 4.90 Å². The van der Waals surface area contributed by atoms with Crippen LogP contribution in [0.15, 0.2) is 48.5 Å². The van der Waals surface area contributed by atoms with E-state index in [4.69, 9.17) is 4.74 Å². The first-order valence-corrected chi connectivity index (χ1v) is 11.5. The van der Waals surface area contributed by atoms with Gasteiger partial charge in [-0.1, -0.05) is 25.0 Å². The lowest BCUT2D eigenvalue weighted by atomic mass is 9.81. The first-order valence-electron chi connectivity index (χ1n) is 11.5. The Morgan fingerprint density at radius 3 is 2.21 bits per heavy atom. The fourth-order valence-corrected chi connectivity index (χ4v) is 5.19. The lowest BCUT2D eigenvalue weighted by molar-refractivity contribution is -0.139. The van der Waals surface area contributed by atoms with Crippen LogP contribution >= 0.6 is 0 Å². The topological polar surface area (TPSA) is 84.0 Å². The van der Waals surface area contributed by atoms with E-state index < -0.39 is 11.9 Å². The summed E-state index contributed by atoms with van der Waals surface area (Å²) in [5.74, 6) is -1.48. The summed E-state index contributed by atoms with van der Waals surface area (Å²) in [7, 11) is 0. The van der Waals surface area contributed by atoms with E-state index in [0.717, 1.165) is 36.9 Å². The number of esters is 1. The number of carbonyl (C=O) groups excluding carboxylic acids is 4. The van der Waals surface area contributed by atoms with Crippen molar-refractivity contribution < 1.29 is 23.9 Å². The predicted molar refractivity (Wildman–Crippen MR) is 122 cm³/mol. The van der Waals surface area contributed by atoms with E-state index >= 15 is 0 Å². The molecule has 1 aliphatic carbocycles. The second-order valence-corrected chi connectivity index (χ2v) is 9.17. The van der Waals surface area contributed by atoms with Gasteiger partial charge in [-0.05, 0) is 61.7 Å². The number of benzene rings is 2. The molecule has 7 nitrogen and oxygen atoms in total. The van der Waals surface area contributed by atoms with Crippen LogP contribution in [0, 0.1) is 24.7 Å². The molecular formula is C26H26N2O5. The second kappa shape index (κ2) is 8.46. The largest absolute Gasteiger partial charge is 0.426 e. The summed E-state index contributed by atoms with van der Waals surface area (Å²) in [5.41, 5.74) is 2.32. The van der Waals surface area contributed by atoms with E-state index in [9.17, 15) is 19.2 Å². The average Bonchev–Trinajstić information content (AvgIpc) is 3.32. The molecule has 33 heavy (non-hydrogen) atoms. The summed E-state index contributed by atoms with van der Waals surface area (Å²) in [6.45, 7) is 2.23. The van der Waals surface area contributed by atoms with Crippen LogP contribution < -0.4 is 14.5 Å². The minimum absolute atomic E-state index is 0.102. The maximum absolute atomic E-state index is 12.8. The molecule has 0 bridgehead atoms. The molecule has 2 saturated heterocycles. The molecule has 0 spiro atoms. The van der Waals surface area contributed by atoms with Gasteiger partial charge in [0.15, 0.2) is 0 Å². The van der Waals surface area contributed by atoms with Gasteiger partial charge < -0.3 is 9.64 Å². The molecule has 2 aromatic rings. The number of imide groups is 1. The van der Waals surface area contributed by atoms with Crippen molar-refractivity contribution in [2.24, 2.45) is 17.8 Å². The minimum Gasteiger partial charge on any atom is -0.426 e. The normalized spacial score (nSPS) is 24.9. The van der Waals surface area contributed by atoms with E-state index in [2.05, 4.69) is 0 Å². The number of hydrogen-bond acceptors (Lipinski definition) is 5. The van der Waals surface area contributed by atoms with Crippen LogP contribution in [0.3, 0.4) is 0 Å². The standard InChI is InChI=1S/C26H26N2O5/c1-16-5-4-6-19(13-16)27-15-17(14-23(27)29)26(32)33-20-11-9-18(10-12-20)28-24(30)21-7-2-3-8-22(21)25(28)31/h4-6,9-13,17,21-22H,2-3,7-8,14-15H2,1H3/t17-,21+,22+/m1/s1. The molecule has 0 radical (unpaired) electrons. The Hall–Kier alpha value is -3.48. The maximum Gasteiger partial charge on any atom is 0.316 e. The fourth-order valence-electron chi connectivity index (χ4n) is 5.19. The van der Waals surface area contributed by atoms with Crippen LogP contribution in [0.2, 0.25) is 0 Å². The third-order valence-electron chi connectivity index (χ3n) is 6.93. The fraction of sp³-hybridized carbons (Fsp3) is 0.385. The molecular weight excluding hydrogens is 420 g/mol. The quantitative estimate of drug-likeness (QED) is 0.407. The monoisotopic (exact) mass is 446 g/mol. The third kappa shape index (κ3) is 3.92. The second-order valence-electron chi connectivity index (χ2n) is 9.17. The molecule has 2 aromatic carbocycles. The lowest BCUT2D eigenvalue weighted by Gasteiger charge is -2.19. The summed E-state index contributed by atoms with van der Waals surface area (Å²) >= 11 is 0. The third-order valence-corrected chi connectivity index (χ3v) is 6.93. The average molecular weight is 447 g/mol. The van der Waals surface area contributed by atoms with Crippen molar-refractivity contribution in [2.75, 3.05) is 16.3 Å². The van der Waals surface area contributed by atoms with E-state index in [0.29, 0.717) is 11.4 Å². The zero-order valence-electron chi connectivity index (χ0n) is 18.5. The number of amides is 3. The smallest absolute Gasteiger partial charge is 0.316 e. The first kappa shape index (κ1) is 21.4. The van der Waals surface area contributed by atoms with Crippen molar-refractivity contribution in [2.45, 2.75) is 39.0 Å². The molecule has 2 heterocycles. The highest BCUT2D eigenvalue weighted by atomic mass is 16.5. The summed E-state index contributed by atoms with van der Waals surface area (Å²) in [6, 6.07) is 14.1. The Bertz CT molecular complexity index is 1100. The van der Waals surface area contributed by atoms with Crippen LogP contribution in [0.4, 0.5) is 11.4 Å². The van der Waals surface area contributed by atoms with Crippen molar-refractivity contribution >= 4 is 35.1 Å². The molecule has 3 atom stereocenters. The molecule has 0 aromatic heterocycles. The van der Waals surface area contributed by atoms with Crippen molar-refractivity contribution in [1.29, 1.82) is 0 Å². The van der Waals surface area contributed by atoms with Crippen LogP contribution in [-0.4, -0.2) is 30.2 Å². The van der Waals surface area contributed by atoms with E-state index in [1.807, 2.05) is 31.2 Å². The number of rotatable bonds is 4. The van der Waals surface area contributed by atoms with Gasteiger partial charge in [-0.3, -0.25) is 24.1 Å². The Kier molecular flexibility index (Phi) is 5.48. The SMILES string of the molecule is Cc1cccc(N2C[C@H](C(=O)Oc3ccc(N4C(=O)[C@H]5CCCC[C@@H]5C4=O)cc3)CC2=O)c1. The number of nitrogens with zero attached hydrogens (tertiary/aromatic N) is 2. The number of carbonyl (C=O) groups is 4. The van der Waals surface area contributed by atoms with Crippen molar-refractivity contribution in [1.82, 2.24) is 0 Å². The molecule has 2 aliphatic heterocycles. The van der Waals surface area contributed by atoms with Gasteiger partial charge in [0.25, 0.3) is 0 Å².